The summed E-state index contributed by atoms with van der Waals surface area (Å²) in [7, 11) is 3.60. The molecule has 188 valence electrons. The molecule has 2 atom stereocenters. The topological polar surface area (TPSA) is 66.9 Å². The number of ketones is 3. The highest BCUT2D eigenvalue weighted by Crippen LogP contribution is 2.46. The van der Waals surface area contributed by atoms with Gasteiger partial charge in [0.1, 0.15) is 11.0 Å². The Balaban J connectivity index is 1.91. The third kappa shape index (κ3) is 4.25. The highest BCUT2D eigenvalue weighted by molar-refractivity contribution is 6.48. The van der Waals surface area contributed by atoms with Gasteiger partial charge in [-0.25, -0.2) is 0 Å². The maximum absolute atomic E-state index is 14.4. The molecule has 1 heterocycles. The van der Waals surface area contributed by atoms with Gasteiger partial charge in [-0.05, 0) is 38.2 Å². The number of likely N-dealkylation sites (N-methyl/N-ethyl adjacent to an activating group) is 1. The van der Waals surface area contributed by atoms with Gasteiger partial charge in [-0.15, -0.1) is 0 Å². The van der Waals surface area contributed by atoms with E-state index >= 15 is 0 Å². The van der Waals surface area contributed by atoms with E-state index in [9.17, 15) is 14.4 Å². The first-order valence-corrected chi connectivity index (χ1v) is 12.5. The minimum Gasteiger partial charge on any atom is -0.378 e. The molecule has 2 aromatic carbocycles. The van der Waals surface area contributed by atoms with Crippen LogP contribution in [0, 0.1) is 0 Å². The van der Waals surface area contributed by atoms with Crippen LogP contribution in [-0.4, -0.2) is 68.2 Å². The van der Waals surface area contributed by atoms with Crippen LogP contribution in [-0.2, 0) is 19.7 Å². The van der Waals surface area contributed by atoms with E-state index in [4.69, 9.17) is 4.74 Å². The lowest BCUT2D eigenvalue weighted by atomic mass is 9.57. The molecule has 6 nitrogen and oxygen atoms in total. The van der Waals surface area contributed by atoms with Gasteiger partial charge in [-0.3, -0.25) is 19.3 Å². The fraction of sp³-hybridized carbons (Fsp3) is 0.367. The van der Waals surface area contributed by atoms with Crippen molar-refractivity contribution in [3.63, 3.8) is 0 Å². The van der Waals surface area contributed by atoms with Crippen LogP contribution in [0.4, 0.5) is 5.69 Å². The molecule has 2 aliphatic rings. The first kappa shape index (κ1) is 25.7. The number of benzene rings is 2. The van der Waals surface area contributed by atoms with Crippen molar-refractivity contribution in [3.8, 4) is 0 Å². The summed E-state index contributed by atoms with van der Waals surface area (Å²) < 4.78 is 5.48. The van der Waals surface area contributed by atoms with E-state index in [1.807, 2.05) is 31.2 Å². The lowest BCUT2D eigenvalue weighted by Gasteiger charge is -2.50. The van der Waals surface area contributed by atoms with E-state index in [0.29, 0.717) is 30.8 Å². The normalized spacial score (nSPS) is 23.6. The SMILES string of the molecule is CCCC(=O)C1(N(C)C)C=CC=CC1(C(=O)C(=O)c1ccccc1)c1ccc(N2CCOCC2)cc1. The minimum absolute atomic E-state index is 0.0953. The van der Waals surface area contributed by atoms with Crippen molar-refractivity contribution in [2.24, 2.45) is 0 Å². The summed E-state index contributed by atoms with van der Waals surface area (Å²) in [5, 5.41) is 0. The van der Waals surface area contributed by atoms with Gasteiger partial charge in [0.05, 0.1) is 13.2 Å². The fourth-order valence-electron chi connectivity index (χ4n) is 5.49. The largest absolute Gasteiger partial charge is 0.378 e. The lowest BCUT2D eigenvalue weighted by molar-refractivity contribution is -0.136. The van der Waals surface area contributed by atoms with Gasteiger partial charge in [-0.1, -0.05) is 73.7 Å². The third-order valence-electron chi connectivity index (χ3n) is 7.30. The van der Waals surface area contributed by atoms with E-state index in [0.717, 1.165) is 18.8 Å². The Kier molecular flexibility index (Phi) is 7.67. The van der Waals surface area contributed by atoms with Crippen molar-refractivity contribution in [2.75, 3.05) is 45.3 Å². The molecule has 1 saturated heterocycles. The number of nitrogens with zero attached hydrogens (tertiary/aromatic N) is 2. The summed E-state index contributed by atoms with van der Waals surface area (Å²) in [4.78, 5) is 46.0. The molecule has 0 spiro atoms. The summed E-state index contributed by atoms with van der Waals surface area (Å²) in [5.74, 6) is -1.32. The summed E-state index contributed by atoms with van der Waals surface area (Å²) in [6.07, 6.45) is 8.03. The van der Waals surface area contributed by atoms with Crippen LogP contribution in [0.2, 0.25) is 0 Å². The fourth-order valence-corrected chi connectivity index (χ4v) is 5.49. The predicted molar refractivity (Wildman–Crippen MR) is 142 cm³/mol. The number of hydrogen-bond donors (Lipinski definition) is 0. The van der Waals surface area contributed by atoms with Crippen molar-refractivity contribution >= 4 is 23.0 Å². The second kappa shape index (κ2) is 10.7. The van der Waals surface area contributed by atoms with E-state index in [2.05, 4.69) is 4.90 Å². The number of morpholine rings is 1. The molecule has 0 amide bonds. The first-order valence-electron chi connectivity index (χ1n) is 12.5. The van der Waals surface area contributed by atoms with Crippen LogP contribution < -0.4 is 4.90 Å². The van der Waals surface area contributed by atoms with Gasteiger partial charge in [0.15, 0.2) is 5.78 Å². The van der Waals surface area contributed by atoms with E-state index in [1.54, 1.807) is 73.6 Å². The number of allylic oxidation sites excluding steroid dienone is 2. The summed E-state index contributed by atoms with van der Waals surface area (Å²) in [6, 6.07) is 16.3. The second-order valence-electron chi connectivity index (χ2n) is 9.53. The third-order valence-corrected chi connectivity index (χ3v) is 7.30. The lowest BCUT2D eigenvalue weighted by Crippen LogP contribution is -2.68. The Hall–Kier alpha value is -3.35. The summed E-state index contributed by atoms with van der Waals surface area (Å²) >= 11 is 0. The number of ether oxygens (including phenoxy) is 1. The number of hydrogen-bond acceptors (Lipinski definition) is 6. The molecule has 0 saturated carbocycles. The van der Waals surface area contributed by atoms with E-state index < -0.39 is 22.5 Å². The number of anilines is 1. The summed E-state index contributed by atoms with van der Waals surface area (Å²) in [5.41, 5.74) is -0.920. The molecular formula is C30H34N2O4. The maximum Gasteiger partial charge on any atom is 0.229 e. The molecular weight excluding hydrogens is 452 g/mol. The number of Topliss-reactive ketones (excluding diaryl/α,β-unsaturated/α-hetero) is 3. The molecule has 2 unspecified atom stereocenters. The molecule has 0 N–H and O–H groups in total. The Labute approximate surface area is 213 Å². The maximum atomic E-state index is 14.4. The van der Waals surface area contributed by atoms with Crippen LogP contribution in [0.5, 0.6) is 0 Å². The number of rotatable bonds is 9. The quantitative estimate of drug-likeness (QED) is 0.394. The minimum atomic E-state index is -1.52. The van der Waals surface area contributed by atoms with Gasteiger partial charge in [-0.2, -0.15) is 0 Å². The molecule has 1 aliphatic heterocycles. The van der Waals surface area contributed by atoms with Crippen molar-refractivity contribution in [1.29, 1.82) is 0 Å². The Morgan fingerprint density at radius 3 is 2.17 bits per heavy atom. The zero-order valence-corrected chi connectivity index (χ0v) is 21.3. The monoisotopic (exact) mass is 486 g/mol. The Morgan fingerprint density at radius 2 is 1.56 bits per heavy atom. The molecule has 0 aromatic heterocycles. The Morgan fingerprint density at radius 1 is 0.917 bits per heavy atom. The van der Waals surface area contributed by atoms with Crippen molar-refractivity contribution in [2.45, 2.75) is 30.7 Å². The molecule has 2 aromatic rings. The number of carbonyl (C=O) groups excluding carboxylic acids is 3. The van der Waals surface area contributed by atoms with Crippen LogP contribution in [0.1, 0.15) is 35.7 Å². The van der Waals surface area contributed by atoms with Gasteiger partial charge < -0.3 is 9.64 Å². The zero-order chi connectivity index (χ0) is 25.8. The van der Waals surface area contributed by atoms with Crippen molar-refractivity contribution < 1.29 is 19.1 Å². The molecule has 36 heavy (non-hydrogen) atoms. The van der Waals surface area contributed by atoms with Crippen LogP contribution in [0.15, 0.2) is 78.9 Å². The van der Waals surface area contributed by atoms with Crippen LogP contribution >= 0.6 is 0 Å². The molecule has 0 bridgehead atoms. The smallest absolute Gasteiger partial charge is 0.229 e. The highest BCUT2D eigenvalue weighted by Gasteiger charge is 2.61. The standard InChI is InChI=1S/C30H34N2O4/c1-4-10-26(33)30(31(2)3)18-9-8-17-29(30,28(35)27(34)23-11-6-5-7-12-23)24-13-15-25(16-14-24)32-19-21-36-22-20-32/h5-9,11-18H,4,10,19-22H2,1-3H3. The van der Waals surface area contributed by atoms with Gasteiger partial charge in [0.2, 0.25) is 11.6 Å². The average molecular weight is 487 g/mol. The van der Waals surface area contributed by atoms with Gasteiger partial charge in [0, 0.05) is 30.8 Å². The summed E-state index contributed by atoms with van der Waals surface area (Å²) in [6.45, 7) is 4.85. The molecule has 6 heteroatoms. The molecule has 0 radical (unpaired) electrons. The predicted octanol–water partition coefficient (Wildman–Crippen LogP) is 4.01. The van der Waals surface area contributed by atoms with E-state index in [-0.39, 0.29) is 12.2 Å². The van der Waals surface area contributed by atoms with Crippen molar-refractivity contribution in [3.05, 3.63) is 90.0 Å². The number of carbonyl (C=O) groups is 3. The van der Waals surface area contributed by atoms with E-state index in [1.165, 1.54) is 0 Å². The molecule has 1 aliphatic carbocycles. The van der Waals surface area contributed by atoms with Gasteiger partial charge in [0.25, 0.3) is 0 Å². The van der Waals surface area contributed by atoms with Crippen LogP contribution in [0.25, 0.3) is 0 Å². The van der Waals surface area contributed by atoms with Gasteiger partial charge >= 0.3 is 0 Å². The Bertz CT molecular complexity index is 1160. The molecule has 1 fully saturated rings. The van der Waals surface area contributed by atoms with Crippen molar-refractivity contribution in [1.82, 2.24) is 4.90 Å². The second-order valence-corrected chi connectivity index (χ2v) is 9.53. The zero-order valence-electron chi connectivity index (χ0n) is 21.3. The average Bonchev–Trinajstić information content (AvgIpc) is 2.93. The first-order chi connectivity index (χ1) is 17.4. The highest BCUT2D eigenvalue weighted by atomic mass is 16.5. The van der Waals surface area contributed by atoms with Crippen LogP contribution in [0.3, 0.4) is 0 Å². The molecule has 4 rings (SSSR count).